The van der Waals surface area contributed by atoms with E-state index < -0.39 is 0 Å². The molecule has 0 unspecified atom stereocenters. The van der Waals surface area contributed by atoms with Crippen molar-refractivity contribution in [3.63, 3.8) is 0 Å². The molecule has 1 aromatic heterocycles. The predicted octanol–water partition coefficient (Wildman–Crippen LogP) is 3.63. The van der Waals surface area contributed by atoms with Crippen molar-refractivity contribution in [2.75, 3.05) is 53.3 Å². The Kier molecular flexibility index (Phi) is 11.5. The second-order valence-corrected chi connectivity index (χ2v) is 13.2. The number of hydrogen-bond donors (Lipinski definition) is 2. The van der Waals surface area contributed by atoms with Gasteiger partial charge in [-0.05, 0) is 103 Å². The van der Waals surface area contributed by atoms with Gasteiger partial charge in [0, 0.05) is 44.0 Å². The van der Waals surface area contributed by atoms with Crippen LogP contribution >= 0.6 is 0 Å². The van der Waals surface area contributed by atoms with E-state index >= 15 is 0 Å². The van der Waals surface area contributed by atoms with Gasteiger partial charge in [0.05, 0.1) is 14.2 Å². The van der Waals surface area contributed by atoms with Crippen LogP contribution in [0, 0.1) is 0 Å². The molecule has 4 aromatic carbocycles. The molecule has 6 rings (SSSR count). The first-order chi connectivity index (χ1) is 25.2. The summed E-state index contributed by atoms with van der Waals surface area (Å²) in [4.78, 5) is 47.5. The number of rotatable bonds is 12. The van der Waals surface area contributed by atoms with Gasteiger partial charge in [0.1, 0.15) is 10.7 Å². The Morgan fingerprint density at radius 2 is 1.56 bits per heavy atom. The normalized spacial score (nSPS) is 13.6. The van der Waals surface area contributed by atoms with Crippen LogP contribution in [0.5, 0.6) is 11.5 Å². The zero-order valence-electron chi connectivity index (χ0n) is 30.1. The van der Waals surface area contributed by atoms with Crippen molar-refractivity contribution in [1.29, 1.82) is 0 Å². The van der Waals surface area contributed by atoms with E-state index in [9.17, 15) is 14.4 Å². The highest BCUT2D eigenvalue weighted by atomic mass is 16.5. The van der Waals surface area contributed by atoms with Crippen LogP contribution in [0.2, 0.25) is 0 Å². The van der Waals surface area contributed by atoms with Crippen LogP contribution in [0.4, 0.5) is 5.69 Å². The van der Waals surface area contributed by atoms with Crippen molar-refractivity contribution in [3.8, 4) is 11.5 Å². The number of anilines is 1. The van der Waals surface area contributed by atoms with Crippen LogP contribution in [-0.2, 0) is 25.9 Å². The first-order valence-electron chi connectivity index (χ1n) is 17.4. The molecule has 52 heavy (non-hydrogen) atoms. The van der Waals surface area contributed by atoms with Gasteiger partial charge in [-0.1, -0.05) is 54.6 Å². The number of carbonyl (C=O) groups excluding carboxylic acids is 1. The monoisotopic (exact) mass is 699 g/mol. The molecule has 0 spiro atoms. The molecule has 0 atom stereocenters. The molecule has 2 heterocycles. The van der Waals surface area contributed by atoms with Gasteiger partial charge in [0.15, 0.2) is 11.5 Å². The maximum Gasteiger partial charge on any atom is 0.275 e. The second kappa shape index (κ2) is 16.5. The van der Waals surface area contributed by atoms with Crippen molar-refractivity contribution < 1.29 is 14.3 Å². The summed E-state index contributed by atoms with van der Waals surface area (Å²) in [5.74, 6) is 1.25. The molecule has 1 amide bonds. The standard InChI is InChI=1S/C42H45N5O5/c1-45(2)21-22-47-37(25-30-9-6-5-7-10-30)41(49)44-36(42(47)50)24-31-11-8-12-33(23-31)40(48)43-35-15-13-29(14-16-35)17-19-46-20-18-32-26-38(51-3)39(52-4)27-34(32)28-46/h5-16,23-27H,17-22,28H2,1-4H3,(H,43,48)(H,44,49). The van der Waals surface area contributed by atoms with E-state index in [1.165, 1.54) is 21.3 Å². The van der Waals surface area contributed by atoms with E-state index in [0.29, 0.717) is 29.9 Å². The van der Waals surface area contributed by atoms with Gasteiger partial charge in [-0.3, -0.25) is 19.3 Å². The number of aromatic nitrogens is 2. The van der Waals surface area contributed by atoms with Gasteiger partial charge in [-0.25, -0.2) is 0 Å². The zero-order valence-corrected chi connectivity index (χ0v) is 30.1. The van der Waals surface area contributed by atoms with Crippen molar-refractivity contribution in [1.82, 2.24) is 19.4 Å². The summed E-state index contributed by atoms with van der Waals surface area (Å²) in [5, 5.41) is 3.42. The zero-order chi connectivity index (χ0) is 36.6. The average molecular weight is 700 g/mol. The van der Waals surface area contributed by atoms with Gasteiger partial charge in [-0.2, -0.15) is 0 Å². The van der Waals surface area contributed by atoms with Gasteiger partial charge in [0.25, 0.3) is 17.0 Å². The molecule has 2 N–H and O–H groups in total. The number of aromatic amines is 1. The maximum atomic E-state index is 13.7. The smallest absolute Gasteiger partial charge is 0.275 e. The largest absolute Gasteiger partial charge is 0.493 e. The number of H-pyrrole nitrogens is 1. The number of carbonyl (C=O) groups is 1. The molecule has 0 saturated heterocycles. The summed E-state index contributed by atoms with van der Waals surface area (Å²) < 4.78 is 12.5. The number of methoxy groups -OCH3 is 2. The Morgan fingerprint density at radius 3 is 2.27 bits per heavy atom. The van der Waals surface area contributed by atoms with E-state index in [-0.39, 0.29) is 27.7 Å². The number of likely N-dealkylation sites (N-methyl/N-ethyl adjacent to an activating group) is 1. The summed E-state index contributed by atoms with van der Waals surface area (Å²) >= 11 is 0. The molecule has 1 aliphatic heterocycles. The minimum absolute atomic E-state index is 0.149. The molecule has 1 aliphatic rings. The van der Waals surface area contributed by atoms with Crippen molar-refractivity contribution >= 4 is 23.7 Å². The van der Waals surface area contributed by atoms with Gasteiger partial charge in [0.2, 0.25) is 0 Å². The van der Waals surface area contributed by atoms with Gasteiger partial charge >= 0.3 is 0 Å². The molecule has 0 fully saturated rings. The van der Waals surface area contributed by atoms with Crippen LogP contribution in [0.3, 0.4) is 0 Å². The second-order valence-electron chi connectivity index (χ2n) is 13.2. The van der Waals surface area contributed by atoms with E-state index in [1.54, 1.807) is 50.6 Å². The number of fused-ring (bicyclic) bond motifs is 1. The first kappa shape index (κ1) is 36.1. The van der Waals surface area contributed by atoms with E-state index in [2.05, 4.69) is 27.3 Å². The first-order valence-corrected chi connectivity index (χ1v) is 17.4. The number of hydrogen-bond acceptors (Lipinski definition) is 7. The topological polar surface area (TPSA) is 109 Å². The third-order valence-electron chi connectivity index (χ3n) is 9.31. The fourth-order valence-electron chi connectivity index (χ4n) is 6.40. The van der Waals surface area contributed by atoms with Crippen molar-refractivity contribution in [2.45, 2.75) is 25.9 Å². The van der Waals surface area contributed by atoms with Gasteiger partial charge < -0.3 is 29.2 Å². The molecular formula is C42H45N5O5. The minimum Gasteiger partial charge on any atom is -0.493 e. The summed E-state index contributed by atoms with van der Waals surface area (Å²) in [6.07, 6.45) is 5.19. The summed E-state index contributed by atoms with van der Waals surface area (Å²) in [6.45, 7) is 3.68. The lowest BCUT2D eigenvalue weighted by atomic mass is 9.98. The fraction of sp³-hybridized carbons (Fsp3) is 0.262. The third-order valence-corrected chi connectivity index (χ3v) is 9.31. The number of ether oxygens (including phenoxy) is 2. The van der Waals surface area contributed by atoms with Crippen LogP contribution in [0.1, 0.15) is 38.2 Å². The molecule has 0 radical (unpaired) electrons. The minimum atomic E-state index is -0.367. The number of nitrogens with one attached hydrogen (secondary N) is 2. The number of amides is 1. The Morgan fingerprint density at radius 1 is 0.846 bits per heavy atom. The molecule has 5 aromatic rings. The third kappa shape index (κ3) is 8.77. The highest BCUT2D eigenvalue weighted by Gasteiger charge is 2.19. The van der Waals surface area contributed by atoms with Crippen LogP contribution < -0.4 is 36.6 Å². The van der Waals surface area contributed by atoms with Crippen LogP contribution in [0.25, 0.3) is 12.2 Å². The predicted molar refractivity (Wildman–Crippen MR) is 206 cm³/mol. The molecular weight excluding hydrogens is 654 g/mol. The molecule has 10 heteroatoms. The van der Waals surface area contributed by atoms with E-state index in [1.807, 2.05) is 73.6 Å². The molecule has 0 saturated carbocycles. The fourth-order valence-corrected chi connectivity index (χ4v) is 6.40. The maximum absolute atomic E-state index is 13.7. The molecule has 10 nitrogen and oxygen atoms in total. The number of nitrogens with zero attached hydrogens (tertiary/aromatic N) is 3. The lowest BCUT2D eigenvalue weighted by Gasteiger charge is -2.29. The quantitative estimate of drug-likeness (QED) is 0.205. The Labute approximate surface area is 303 Å². The molecule has 268 valence electrons. The highest BCUT2D eigenvalue weighted by Crippen LogP contribution is 2.33. The van der Waals surface area contributed by atoms with E-state index in [4.69, 9.17) is 9.47 Å². The lowest BCUT2D eigenvalue weighted by molar-refractivity contribution is 0.102. The average Bonchev–Trinajstić information content (AvgIpc) is 3.16. The van der Waals surface area contributed by atoms with Crippen LogP contribution in [-0.4, -0.2) is 73.2 Å². The summed E-state index contributed by atoms with van der Waals surface area (Å²) in [7, 11) is 7.17. The Bertz CT molecular complexity index is 2280. The molecule has 0 bridgehead atoms. The van der Waals surface area contributed by atoms with Crippen molar-refractivity contribution in [3.05, 3.63) is 156 Å². The summed E-state index contributed by atoms with van der Waals surface area (Å²) in [6, 6.07) is 28.5. The van der Waals surface area contributed by atoms with Gasteiger partial charge in [-0.15, -0.1) is 0 Å². The Balaban J connectivity index is 1.13. The van der Waals surface area contributed by atoms with Crippen molar-refractivity contribution in [2.24, 2.45) is 0 Å². The SMILES string of the molecule is COc1cc2c(cc1OC)CN(CCc1ccc(NC(=O)c3cccc(C=c4[nH]c(=O)c(=Cc5ccccc5)n(CCN(C)C)c4=O)c3)cc1)CC2. The Hall–Kier alpha value is -5.71. The van der Waals surface area contributed by atoms with E-state index in [0.717, 1.165) is 49.5 Å². The number of benzene rings is 4. The van der Waals surface area contributed by atoms with Crippen LogP contribution in [0.15, 0.2) is 101 Å². The summed E-state index contributed by atoms with van der Waals surface area (Å²) in [5.41, 5.74) is 5.64. The molecule has 0 aliphatic carbocycles. The highest BCUT2D eigenvalue weighted by molar-refractivity contribution is 6.04. The lowest BCUT2D eigenvalue weighted by Crippen LogP contribution is -2.54.